The van der Waals surface area contributed by atoms with E-state index in [1.165, 1.54) is 18.3 Å². The van der Waals surface area contributed by atoms with Crippen molar-refractivity contribution in [1.29, 1.82) is 0 Å². The van der Waals surface area contributed by atoms with Gasteiger partial charge in [0.2, 0.25) is 0 Å². The molecule has 2 rings (SSSR count). The zero-order valence-electron chi connectivity index (χ0n) is 9.45. The largest absolute Gasteiger partial charge is 0.365 e. The number of anilines is 1. The number of halogens is 1. The van der Waals surface area contributed by atoms with Gasteiger partial charge in [0.25, 0.3) is 0 Å². The maximum absolute atomic E-state index is 11.6. The monoisotopic (exact) mass is 266 g/mol. The van der Waals surface area contributed by atoms with Gasteiger partial charge in [-0.2, -0.15) is 0 Å². The third-order valence-electron chi connectivity index (χ3n) is 2.29. The predicted molar refractivity (Wildman–Crippen MR) is 72.1 cm³/mol. The lowest BCUT2D eigenvalue weighted by Gasteiger charge is -2.01. The van der Waals surface area contributed by atoms with Crippen LogP contribution in [0.25, 0.3) is 11.3 Å². The van der Waals surface area contributed by atoms with Gasteiger partial charge >= 0.3 is 0 Å². The molecule has 0 aliphatic carbocycles. The number of Topliss-reactive ketones (excluding diaryl/α,β-unsaturated/α-hetero) is 1. The van der Waals surface area contributed by atoms with E-state index in [4.69, 9.17) is 11.6 Å². The van der Waals surface area contributed by atoms with E-state index in [2.05, 4.69) is 10.3 Å². The van der Waals surface area contributed by atoms with Crippen LogP contribution in [0.3, 0.4) is 0 Å². The van der Waals surface area contributed by atoms with E-state index in [1.807, 2.05) is 18.2 Å². The van der Waals surface area contributed by atoms with Gasteiger partial charge in [0.05, 0.1) is 15.6 Å². The highest BCUT2D eigenvalue weighted by Crippen LogP contribution is 2.34. The number of ketones is 1. The molecule has 1 aromatic heterocycles. The summed E-state index contributed by atoms with van der Waals surface area (Å²) in [6.45, 7) is 1.54. The van der Waals surface area contributed by atoms with Gasteiger partial charge in [-0.05, 0) is 6.07 Å². The molecule has 88 valence electrons. The van der Waals surface area contributed by atoms with Crippen LogP contribution >= 0.6 is 22.9 Å². The van der Waals surface area contributed by atoms with Crippen molar-refractivity contribution in [2.75, 3.05) is 12.4 Å². The number of hydrogen-bond donors (Lipinski definition) is 1. The Kier molecular flexibility index (Phi) is 3.45. The summed E-state index contributed by atoms with van der Waals surface area (Å²) in [5.74, 6) is -0.00100. The summed E-state index contributed by atoms with van der Waals surface area (Å²) in [4.78, 5) is 16.6. The molecule has 2 aromatic rings. The molecule has 0 bridgehead atoms. The van der Waals surface area contributed by atoms with Crippen LogP contribution in [0.4, 0.5) is 5.13 Å². The van der Waals surface area contributed by atoms with Crippen LogP contribution in [0.5, 0.6) is 0 Å². The molecule has 0 saturated heterocycles. The van der Waals surface area contributed by atoms with E-state index in [1.54, 1.807) is 13.1 Å². The second-order valence-electron chi connectivity index (χ2n) is 3.48. The number of aromatic nitrogens is 1. The number of rotatable bonds is 3. The van der Waals surface area contributed by atoms with Gasteiger partial charge in [0, 0.05) is 19.5 Å². The Bertz CT molecular complexity index is 565. The van der Waals surface area contributed by atoms with Gasteiger partial charge in [0.1, 0.15) is 0 Å². The third-order valence-corrected chi connectivity index (χ3v) is 3.79. The van der Waals surface area contributed by atoms with Crippen molar-refractivity contribution in [3.63, 3.8) is 0 Å². The van der Waals surface area contributed by atoms with Crippen LogP contribution in [-0.4, -0.2) is 17.8 Å². The molecule has 0 saturated carbocycles. The van der Waals surface area contributed by atoms with E-state index in [0.717, 1.165) is 5.56 Å². The lowest BCUT2D eigenvalue weighted by Crippen LogP contribution is -1.92. The number of thiazole rings is 1. The summed E-state index contributed by atoms with van der Waals surface area (Å²) in [5.41, 5.74) is 1.44. The quantitative estimate of drug-likeness (QED) is 0.861. The maximum atomic E-state index is 11.6. The number of nitrogens with zero attached hydrogens (tertiary/aromatic N) is 1. The number of hydrogen-bond acceptors (Lipinski definition) is 4. The molecule has 3 nitrogen and oxygen atoms in total. The zero-order valence-corrected chi connectivity index (χ0v) is 11.0. The summed E-state index contributed by atoms with van der Waals surface area (Å²) in [5, 5.41) is 4.26. The van der Waals surface area contributed by atoms with Crippen molar-refractivity contribution in [3.05, 3.63) is 34.2 Å². The minimum atomic E-state index is -0.00100. The molecule has 0 aliphatic rings. The molecule has 0 fully saturated rings. The first-order valence-electron chi connectivity index (χ1n) is 5.08. The van der Waals surface area contributed by atoms with Crippen LogP contribution in [-0.2, 0) is 0 Å². The fourth-order valence-corrected chi connectivity index (χ4v) is 2.56. The van der Waals surface area contributed by atoms with Gasteiger partial charge < -0.3 is 5.32 Å². The first-order chi connectivity index (χ1) is 8.13. The van der Waals surface area contributed by atoms with Crippen LogP contribution < -0.4 is 5.32 Å². The first-order valence-corrected chi connectivity index (χ1v) is 6.27. The Balaban J connectivity index is 2.62. The van der Waals surface area contributed by atoms with E-state index in [-0.39, 0.29) is 5.78 Å². The van der Waals surface area contributed by atoms with Gasteiger partial charge in [-0.1, -0.05) is 41.1 Å². The van der Waals surface area contributed by atoms with E-state index < -0.39 is 0 Å². The summed E-state index contributed by atoms with van der Waals surface area (Å²) >= 11 is 7.46. The molecule has 5 heteroatoms. The smallest absolute Gasteiger partial charge is 0.183 e. The maximum Gasteiger partial charge on any atom is 0.183 e. The molecule has 0 atom stereocenters. The van der Waals surface area contributed by atoms with Crippen molar-refractivity contribution in [3.8, 4) is 11.3 Å². The fourth-order valence-electron chi connectivity index (χ4n) is 1.50. The van der Waals surface area contributed by atoms with Gasteiger partial charge in [-0.3, -0.25) is 4.79 Å². The van der Waals surface area contributed by atoms with E-state index >= 15 is 0 Å². The molecule has 0 spiro atoms. The summed E-state index contributed by atoms with van der Waals surface area (Å²) in [6.07, 6.45) is 0. The predicted octanol–water partition coefficient (Wildman–Crippen LogP) is 3.71. The topological polar surface area (TPSA) is 42.0 Å². The molecule has 0 radical (unpaired) electrons. The van der Waals surface area contributed by atoms with Crippen molar-refractivity contribution >= 4 is 33.9 Å². The molecule has 0 unspecified atom stereocenters. The fraction of sp³-hybridized carbons (Fsp3) is 0.167. The van der Waals surface area contributed by atoms with Gasteiger partial charge in [0.15, 0.2) is 10.9 Å². The highest BCUT2D eigenvalue weighted by molar-refractivity contribution is 7.18. The van der Waals surface area contributed by atoms with Crippen molar-refractivity contribution in [2.45, 2.75) is 6.92 Å². The van der Waals surface area contributed by atoms with Gasteiger partial charge in [-0.25, -0.2) is 4.98 Å². The minimum Gasteiger partial charge on any atom is -0.365 e. The Labute approximate surface area is 108 Å². The highest BCUT2D eigenvalue weighted by atomic mass is 35.5. The van der Waals surface area contributed by atoms with Crippen LogP contribution in [0.1, 0.15) is 16.6 Å². The minimum absolute atomic E-state index is 0.00100. The van der Waals surface area contributed by atoms with E-state index in [9.17, 15) is 4.79 Å². The SMILES string of the molecule is CNc1nc(-c2ccccc2Cl)c(C(C)=O)s1. The highest BCUT2D eigenvalue weighted by Gasteiger charge is 2.17. The molecule has 0 aliphatic heterocycles. The lowest BCUT2D eigenvalue weighted by atomic mass is 10.1. The zero-order chi connectivity index (χ0) is 12.4. The average molecular weight is 267 g/mol. The van der Waals surface area contributed by atoms with Crippen LogP contribution in [0.2, 0.25) is 5.02 Å². The van der Waals surface area contributed by atoms with Gasteiger partial charge in [-0.15, -0.1) is 0 Å². The number of carbonyl (C=O) groups is 1. The number of nitrogens with one attached hydrogen (secondary N) is 1. The molecule has 1 aromatic carbocycles. The third kappa shape index (κ3) is 2.33. The van der Waals surface area contributed by atoms with E-state index in [0.29, 0.717) is 20.7 Å². The molecule has 17 heavy (non-hydrogen) atoms. The lowest BCUT2D eigenvalue weighted by molar-refractivity contribution is 0.102. The second kappa shape index (κ2) is 4.85. The first kappa shape index (κ1) is 12.1. The summed E-state index contributed by atoms with van der Waals surface area (Å²) in [6, 6.07) is 7.39. The summed E-state index contributed by atoms with van der Waals surface area (Å²) < 4.78 is 0. The molecule has 0 amide bonds. The Hall–Kier alpha value is -1.39. The second-order valence-corrected chi connectivity index (χ2v) is 4.89. The molecular formula is C12H11ClN2OS. The van der Waals surface area contributed by atoms with Crippen molar-refractivity contribution in [2.24, 2.45) is 0 Å². The molecule has 1 N–H and O–H groups in total. The number of carbonyl (C=O) groups excluding carboxylic acids is 1. The van der Waals surface area contributed by atoms with Crippen LogP contribution in [0, 0.1) is 0 Å². The normalized spacial score (nSPS) is 10.3. The van der Waals surface area contributed by atoms with Crippen molar-refractivity contribution in [1.82, 2.24) is 4.98 Å². The van der Waals surface area contributed by atoms with Crippen molar-refractivity contribution < 1.29 is 4.79 Å². The summed E-state index contributed by atoms with van der Waals surface area (Å²) in [7, 11) is 1.78. The van der Waals surface area contributed by atoms with Crippen LogP contribution in [0.15, 0.2) is 24.3 Å². The Morgan fingerprint density at radius 2 is 2.12 bits per heavy atom. The Morgan fingerprint density at radius 1 is 1.41 bits per heavy atom. The average Bonchev–Trinajstić information content (AvgIpc) is 2.73. The Morgan fingerprint density at radius 3 is 2.71 bits per heavy atom. The molecular weight excluding hydrogens is 256 g/mol. The number of benzene rings is 1. The standard InChI is InChI=1S/C12H11ClN2OS/c1-7(16)11-10(15-12(14-2)17-11)8-5-3-4-6-9(8)13/h3-6H,1-2H3,(H,14,15). The molecule has 1 heterocycles.